The molecule has 0 aliphatic heterocycles. The SMILES string of the molecule is C=CCCN(Cc1ccc(OC)cc1)C(=O)C(=O)O. The number of benzene rings is 1. The van der Waals surface area contributed by atoms with Crippen molar-refractivity contribution < 1.29 is 19.4 Å². The van der Waals surface area contributed by atoms with Crippen LogP contribution in [0.3, 0.4) is 0 Å². The summed E-state index contributed by atoms with van der Waals surface area (Å²) in [6.07, 6.45) is 2.20. The van der Waals surface area contributed by atoms with Gasteiger partial charge in [-0.25, -0.2) is 4.79 Å². The van der Waals surface area contributed by atoms with Gasteiger partial charge in [-0.1, -0.05) is 18.2 Å². The van der Waals surface area contributed by atoms with Crippen LogP contribution in [0.15, 0.2) is 36.9 Å². The van der Waals surface area contributed by atoms with Crippen molar-refractivity contribution >= 4 is 11.9 Å². The van der Waals surface area contributed by atoms with Crippen LogP contribution in [0.2, 0.25) is 0 Å². The topological polar surface area (TPSA) is 66.8 Å². The summed E-state index contributed by atoms with van der Waals surface area (Å²) in [4.78, 5) is 23.6. The third kappa shape index (κ3) is 4.46. The molecule has 5 nitrogen and oxygen atoms in total. The lowest BCUT2D eigenvalue weighted by Gasteiger charge is -2.20. The van der Waals surface area contributed by atoms with E-state index in [-0.39, 0.29) is 6.54 Å². The standard InChI is InChI=1S/C14H17NO4/c1-3-4-9-15(13(16)14(17)18)10-11-5-7-12(19-2)8-6-11/h3,5-8H,1,4,9-10H2,2H3,(H,17,18). The molecule has 0 heterocycles. The summed E-state index contributed by atoms with van der Waals surface area (Å²) in [7, 11) is 1.57. The molecule has 0 spiro atoms. The summed E-state index contributed by atoms with van der Waals surface area (Å²) >= 11 is 0. The molecule has 1 N–H and O–H groups in total. The minimum absolute atomic E-state index is 0.253. The van der Waals surface area contributed by atoms with Crippen molar-refractivity contribution in [2.24, 2.45) is 0 Å². The highest BCUT2D eigenvalue weighted by Gasteiger charge is 2.20. The minimum Gasteiger partial charge on any atom is -0.497 e. The number of amides is 1. The maximum atomic E-state index is 11.5. The van der Waals surface area contributed by atoms with Gasteiger partial charge in [0.1, 0.15) is 5.75 Å². The first-order valence-corrected chi connectivity index (χ1v) is 5.84. The van der Waals surface area contributed by atoms with Crippen molar-refractivity contribution in [3.05, 3.63) is 42.5 Å². The predicted octanol–water partition coefficient (Wildman–Crippen LogP) is 1.68. The number of methoxy groups -OCH3 is 1. The van der Waals surface area contributed by atoms with Crippen molar-refractivity contribution in [2.45, 2.75) is 13.0 Å². The van der Waals surface area contributed by atoms with E-state index in [0.29, 0.717) is 18.7 Å². The molecule has 0 aliphatic rings. The second-order valence-corrected chi connectivity index (χ2v) is 3.96. The highest BCUT2D eigenvalue weighted by Crippen LogP contribution is 2.13. The molecule has 1 amide bonds. The zero-order chi connectivity index (χ0) is 14.3. The normalized spacial score (nSPS) is 9.74. The first kappa shape index (κ1) is 14.8. The molecule has 1 aromatic carbocycles. The molecular formula is C14H17NO4. The van der Waals surface area contributed by atoms with Gasteiger partial charge in [-0.05, 0) is 24.1 Å². The third-order valence-electron chi connectivity index (χ3n) is 2.61. The zero-order valence-electron chi connectivity index (χ0n) is 10.8. The van der Waals surface area contributed by atoms with Gasteiger partial charge in [-0.15, -0.1) is 6.58 Å². The van der Waals surface area contributed by atoms with Crippen molar-refractivity contribution in [1.82, 2.24) is 4.90 Å². The highest BCUT2D eigenvalue weighted by atomic mass is 16.5. The maximum absolute atomic E-state index is 11.5. The maximum Gasteiger partial charge on any atom is 0.394 e. The van der Waals surface area contributed by atoms with Crippen molar-refractivity contribution in [1.29, 1.82) is 0 Å². The van der Waals surface area contributed by atoms with Crippen LogP contribution in [-0.2, 0) is 16.1 Å². The largest absolute Gasteiger partial charge is 0.497 e. The quantitative estimate of drug-likeness (QED) is 0.626. The molecule has 5 heteroatoms. The number of carboxylic acid groups (broad SMARTS) is 1. The lowest BCUT2D eigenvalue weighted by Crippen LogP contribution is -2.36. The van der Waals surface area contributed by atoms with Gasteiger partial charge in [-0.3, -0.25) is 4.79 Å². The summed E-state index contributed by atoms with van der Waals surface area (Å²) in [5, 5.41) is 8.77. The zero-order valence-corrected chi connectivity index (χ0v) is 10.8. The number of carbonyl (C=O) groups is 2. The van der Waals surface area contributed by atoms with Crippen molar-refractivity contribution in [3.8, 4) is 5.75 Å². The third-order valence-corrected chi connectivity index (χ3v) is 2.61. The van der Waals surface area contributed by atoms with E-state index >= 15 is 0 Å². The van der Waals surface area contributed by atoms with E-state index in [9.17, 15) is 9.59 Å². The Morgan fingerprint density at radius 3 is 2.47 bits per heavy atom. The summed E-state index contributed by atoms with van der Waals surface area (Å²) in [6.45, 7) is 4.15. The Balaban J connectivity index is 2.77. The number of hydrogen-bond donors (Lipinski definition) is 1. The molecule has 19 heavy (non-hydrogen) atoms. The Bertz CT molecular complexity index is 453. The molecule has 0 aromatic heterocycles. The minimum atomic E-state index is -1.45. The van der Waals surface area contributed by atoms with E-state index in [1.807, 2.05) is 0 Å². The van der Waals surface area contributed by atoms with E-state index in [2.05, 4.69) is 6.58 Å². The predicted molar refractivity (Wildman–Crippen MR) is 70.9 cm³/mol. The molecule has 0 bridgehead atoms. The molecule has 0 aliphatic carbocycles. The summed E-state index contributed by atoms with van der Waals surface area (Å²) < 4.78 is 5.04. The first-order valence-electron chi connectivity index (χ1n) is 5.84. The van der Waals surface area contributed by atoms with Crippen molar-refractivity contribution in [3.63, 3.8) is 0 Å². The second-order valence-electron chi connectivity index (χ2n) is 3.96. The fourth-order valence-electron chi connectivity index (χ4n) is 1.59. The molecule has 0 fully saturated rings. The summed E-state index contributed by atoms with van der Waals surface area (Å²) in [6, 6.07) is 7.14. The van der Waals surface area contributed by atoms with E-state index in [0.717, 1.165) is 5.56 Å². The van der Waals surface area contributed by atoms with Gasteiger partial charge in [0.15, 0.2) is 0 Å². The van der Waals surface area contributed by atoms with Crippen LogP contribution < -0.4 is 4.74 Å². The van der Waals surface area contributed by atoms with Gasteiger partial charge in [0.2, 0.25) is 0 Å². The molecule has 1 rings (SSSR count). The fourth-order valence-corrected chi connectivity index (χ4v) is 1.59. The number of nitrogens with zero attached hydrogens (tertiary/aromatic N) is 1. The van der Waals surface area contributed by atoms with Crippen molar-refractivity contribution in [2.75, 3.05) is 13.7 Å². The number of rotatable bonds is 6. The molecule has 0 saturated carbocycles. The number of carbonyl (C=O) groups excluding carboxylic acids is 1. The highest BCUT2D eigenvalue weighted by molar-refractivity contribution is 6.31. The van der Waals surface area contributed by atoms with E-state index < -0.39 is 11.9 Å². The van der Waals surface area contributed by atoms with Gasteiger partial charge in [0, 0.05) is 13.1 Å². The van der Waals surface area contributed by atoms with Gasteiger partial charge < -0.3 is 14.7 Å². The Morgan fingerprint density at radius 1 is 1.37 bits per heavy atom. The Hall–Kier alpha value is -2.30. The second kappa shape index (κ2) is 7.20. The molecule has 102 valence electrons. The van der Waals surface area contributed by atoms with Crippen LogP contribution in [0.4, 0.5) is 0 Å². The Kier molecular flexibility index (Phi) is 5.60. The molecule has 0 radical (unpaired) electrons. The molecule has 1 aromatic rings. The Labute approximate surface area is 112 Å². The van der Waals surface area contributed by atoms with E-state index in [4.69, 9.17) is 9.84 Å². The van der Waals surface area contributed by atoms with Gasteiger partial charge >= 0.3 is 11.9 Å². The average molecular weight is 263 g/mol. The first-order chi connectivity index (χ1) is 9.08. The van der Waals surface area contributed by atoms with Gasteiger partial charge in [-0.2, -0.15) is 0 Å². The molecule has 0 saturated heterocycles. The smallest absolute Gasteiger partial charge is 0.394 e. The van der Waals surface area contributed by atoms with Crippen LogP contribution in [0.25, 0.3) is 0 Å². The van der Waals surface area contributed by atoms with E-state index in [1.54, 1.807) is 37.5 Å². The van der Waals surface area contributed by atoms with Gasteiger partial charge in [0.25, 0.3) is 0 Å². The van der Waals surface area contributed by atoms with Crippen LogP contribution in [-0.4, -0.2) is 35.5 Å². The Morgan fingerprint density at radius 2 is 2.00 bits per heavy atom. The number of aliphatic carboxylic acids is 1. The molecule has 0 unspecified atom stereocenters. The summed E-state index contributed by atoms with van der Waals surface area (Å²) in [5.74, 6) is -1.64. The van der Waals surface area contributed by atoms with Crippen LogP contribution in [0.5, 0.6) is 5.75 Å². The number of hydrogen-bond acceptors (Lipinski definition) is 3. The molecule has 0 atom stereocenters. The van der Waals surface area contributed by atoms with Crippen LogP contribution in [0.1, 0.15) is 12.0 Å². The monoisotopic (exact) mass is 263 g/mol. The van der Waals surface area contributed by atoms with E-state index in [1.165, 1.54) is 4.90 Å². The average Bonchev–Trinajstić information content (AvgIpc) is 2.43. The van der Waals surface area contributed by atoms with Gasteiger partial charge in [0.05, 0.1) is 7.11 Å². The fraction of sp³-hybridized carbons (Fsp3) is 0.286. The summed E-state index contributed by atoms with van der Waals surface area (Å²) in [5.41, 5.74) is 0.847. The molecular weight excluding hydrogens is 246 g/mol. The van der Waals surface area contributed by atoms with Crippen LogP contribution in [0, 0.1) is 0 Å². The number of ether oxygens (including phenoxy) is 1. The van der Waals surface area contributed by atoms with Crippen LogP contribution >= 0.6 is 0 Å². The number of carboxylic acids is 1. The lowest BCUT2D eigenvalue weighted by molar-refractivity contribution is -0.156. The lowest BCUT2D eigenvalue weighted by atomic mass is 10.2.